The highest BCUT2D eigenvalue weighted by atomic mass is 16.6. The van der Waals surface area contributed by atoms with E-state index in [1.807, 2.05) is 0 Å². The SMILES string of the molecule is CC(C)(O)CNc1ncc([N+](=O)[O-])cc1C(=O)O. The van der Waals surface area contributed by atoms with Crippen LogP contribution in [0, 0.1) is 10.1 Å². The fourth-order valence-electron chi connectivity index (χ4n) is 1.16. The molecule has 0 saturated carbocycles. The maximum atomic E-state index is 11.0. The molecule has 18 heavy (non-hydrogen) atoms. The van der Waals surface area contributed by atoms with Crippen molar-refractivity contribution in [3.63, 3.8) is 0 Å². The zero-order valence-corrected chi connectivity index (χ0v) is 9.88. The molecule has 0 unspecified atom stereocenters. The number of aromatic nitrogens is 1. The third-order valence-electron chi connectivity index (χ3n) is 2.00. The van der Waals surface area contributed by atoms with E-state index in [4.69, 9.17) is 5.11 Å². The highest BCUT2D eigenvalue weighted by molar-refractivity contribution is 5.93. The molecule has 8 heteroatoms. The number of aliphatic hydroxyl groups is 1. The fourth-order valence-corrected chi connectivity index (χ4v) is 1.16. The van der Waals surface area contributed by atoms with Crippen LogP contribution in [0.5, 0.6) is 0 Å². The Bertz CT molecular complexity index is 481. The number of carboxylic acid groups (broad SMARTS) is 1. The molecule has 0 atom stereocenters. The van der Waals surface area contributed by atoms with Crippen LogP contribution in [0.15, 0.2) is 12.3 Å². The van der Waals surface area contributed by atoms with E-state index in [0.29, 0.717) is 0 Å². The minimum Gasteiger partial charge on any atom is -0.478 e. The molecule has 0 fully saturated rings. The van der Waals surface area contributed by atoms with Crippen LogP contribution in [0.2, 0.25) is 0 Å². The van der Waals surface area contributed by atoms with Crippen molar-refractivity contribution >= 4 is 17.5 Å². The standard InChI is InChI=1S/C10H13N3O5/c1-10(2,16)5-12-8-7(9(14)15)3-6(4-11-8)13(17)18/h3-4,16H,5H2,1-2H3,(H,11,12)(H,14,15). The molecule has 3 N–H and O–H groups in total. The van der Waals surface area contributed by atoms with E-state index < -0.39 is 22.2 Å². The molecule has 0 aliphatic rings. The summed E-state index contributed by atoms with van der Waals surface area (Å²) in [5, 5.41) is 31.6. The number of pyridine rings is 1. The van der Waals surface area contributed by atoms with Gasteiger partial charge < -0.3 is 15.5 Å². The first-order chi connectivity index (χ1) is 8.20. The Labute approximate surface area is 102 Å². The first kappa shape index (κ1) is 13.8. The maximum absolute atomic E-state index is 11.0. The van der Waals surface area contributed by atoms with Crippen LogP contribution in [0.25, 0.3) is 0 Å². The third kappa shape index (κ3) is 3.67. The van der Waals surface area contributed by atoms with Gasteiger partial charge in [0.2, 0.25) is 0 Å². The van der Waals surface area contributed by atoms with Crippen LogP contribution >= 0.6 is 0 Å². The lowest BCUT2D eigenvalue weighted by molar-refractivity contribution is -0.385. The van der Waals surface area contributed by atoms with E-state index in [1.54, 1.807) is 0 Å². The van der Waals surface area contributed by atoms with E-state index >= 15 is 0 Å². The largest absolute Gasteiger partial charge is 0.478 e. The van der Waals surface area contributed by atoms with Gasteiger partial charge in [-0.25, -0.2) is 9.78 Å². The molecule has 1 heterocycles. The van der Waals surface area contributed by atoms with Gasteiger partial charge in [0, 0.05) is 12.6 Å². The molecule has 1 aromatic heterocycles. The van der Waals surface area contributed by atoms with Crippen LogP contribution in [-0.4, -0.2) is 38.2 Å². The summed E-state index contributed by atoms with van der Waals surface area (Å²) < 4.78 is 0. The Balaban J connectivity index is 3.05. The van der Waals surface area contributed by atoms with E-state index in [1.165, 1.54) is 13.8 Å². The molecule has 98 valence electrons. The molecule has 0 amide bonds. The number of rotatable bonds is 5. The van der Waals surface area contributed by atoms with Gasteiger partial charge in [-0.15, -0.1) is 0 Å². The number of hydrogen-bond donors (Lipinski definition) is 3. The van der Waals surface area contributed by atoms with Crippen molar-refractivity contribution in [1.82, 2.24) is 4.98 Å². The van der Waals surface area contributed by atoms with E-state index in [2.05, 4.69) is 10.3 Å². The Morgan fingerprint density at radius 1 is 1.61 bits per heavy atom. The average molecular weight is 255 g/mol. The summed E-state index contributed by atoms with van der Waals surface area (Å²) in [6, 6.07) is 0.919. The number of carbonyl (C=O) groups is 1. The van der Waals surface area contributed by atoms with Crippen molar-refractivity contribution in [3.05, 3.63) is 27.9 Å². The Morgan fingerprint density at radius 2 is 2.22 bits per heavy atom. The summed E-state index contributed by atoms with van der Waals surface area (Å²) in [4.78, 5) is 24.4. The summed E-state index contributed by atoms with van der Waals surface area (Å²) >= 11 is 0. The van der Waals surface area contributed by atoms with Gasteiger partial charge >= 0.3 is 5.97 Å². The topological polar surface area (TPSA) is 126 Å². The molecule has 0 radical (unpaired) electrons. The van der Waals surface area contributed by atoms with Gasteiger partial charge in [-0.3, -0.25) is 10.1 Å². The molecule has 0 aliphatic heterocycles. The minimum absolute atomic E-state index is 0.0183. The molecule has 0 bridgehead atoms. The number of nitrogens with one attached hydrogen (secondary N) is 1. The van der Waals surface area contributed by atoms with Gasteiger partial charge in [0.1, 0.15) is 17.6 Å². The molecular weight excluding hydrogens is 242 g/mol. The summed E-state index contributed by atoms with van der Waals surface area (Å²) in [7, 11) is 0. The summed E-state index contributed by atoms with van der Waals surface area (Å²) in [6.07, 6.45) is 0.957. The molecule has 8 nitrogen and oxygen atoms in total. The molecule has 0 saturated heterocycles. The minimum atomic E-state index is -1.33. The number of aromatic carboxylic acids is 1. The van der Waals surface area contributed by atoms with E-state index in [9.17, 15) is 20.0 Å². The Morgan fingerprint density at radius 3 is 2.67 bits per heavy atom. The molecule has 0 aromatic carbocycles. The first-order valence-electron chi connectivity index (χ1n) is 5.05. The van der Waals surface area contributed by atoms with Crippen LogP contribution in [0.1, 0.15) is 24.2 Å². The number of carboxylic acids is 1. The van der Waals surface area contributed by atoms with Crippen LogP contribution < -0.4 is 5.32 Å². The van der Waals surface area contributed by atoms with Crippen molar-refractivity contribution < 1.29 is 19.9 Å². The summed E-state index contributed by atoms with van der Waals surface area (Å²) in [6.45, 7) is 3.13. The number of nitrogens with zero attached hydrogens (tertiary/aromatic N) is 2. The lowest BCUT2D eigenvalue weighted by Gasteiger charge is -2.18. The Hall–Kier alpha value is -2.22. The number of nitro groups is 1. The van der Waals surface area contributed by atoms with Crippen LogP contribution in [-0.2, 0) is 0 Å². The van der Waals surface area contributed by atoms with Crippen molar-refractivity contribution in [2.24, 2.45) is 0 Å². The maximum Gasteiger partial charge on any atom is 0.339 e. The van der Waals surface area contributed by atoms with Gasteiger partial charge in [0.15, 0.2) is 0 Å². The third-order valence-corrected chi connectivity index (χ3v) is 2.00. The van der Waals surface area contributed by atoms with Gasteiger partial charge in [0.25, 0.3) is 5.69 Å². The van der Waals surface area contributed by atoms with Crippen molar-refractivity contribution in [3.8, 4) is 0 Å². The average Bonchev–Trinajstić information content (AvgIpc) is 2.24. The monoisotopic (exact) mass is 255 g/mol. The molecular formula is C10H13N3O5. The van der Waals surface area contributed by atoms with E-state index in [-0.39, 0.29) is 17.9 Å². The summed E-state index contributed by atoms with van der Waals surface area (Å²) in [5.41, 5.74) is -1.77. The smallest absolute Gasteiger partial charge is 0.339 e. The van der Waals surface area contributed by atoms with Crippen molar-refractivity contribution in [2.45, 2.75) is 19.4 Å². The fraction of sp³-hybridized carbons (Fsp3) is 0.400. The molecule has 1 rings (SSSR count). The van der Waals surface area contributed by atoms with Gasteiger partial charge in [-0.05, 0) is 13.8 Å². The lowest BCUT2D eigenvalue weighted by Crippen LogP contribution is -2.30. The first-order valence-corrected chi connectivity index (χ1v) is 5.05. The Kier molecular flexibility index (Phi) is 3.82. The molecule has 0 spiro atoms. The van der Waals surface area contributed by atoms with Crippen molar-refractivity contribution in [2.75, 3.05) is 11.9 Å². The predicted octanol–water partition coefficient (Wildman–Crippen LogP) is 0.871. The van der Waals surface area contributed by atoms with Crippen molar-refractivity contribution in [1.29, 1.82) is 0 Å². The lowest BCUT2D eigenvalue weighted by atomic mass is 10.1. The molecule has 1 aromatic rings. The highest BCUT2D eigenvalue weighted by Crippen LogP contribution is 2.19. The van der Waals surface area contributed by atoms with Gasteiger partial charge in [-0.1, -0.05) is 0 Å². The van der Waals surface area contributed by atoms with Crippen LogP contribution in [0.4, 0.5) is 11.5 Å². The zero-order valence-electron chi connectivity index (χ0n) is 9.88. The molecule has 0 aliphatic carbocycles. The van der Waals surface area contributed by atoms with Gasteiger partial charge in [0.05, 0.1) is 10.5 Å². The second kappa shape index (κ2) is 4.96. The summed E-state index contributed by atoms with van der Waals surface area (Å²) in [5.74, 6) is -1.35. The normalized spacial score (nSPS) is 11.1. The highest BCUT2D eigenvalue weighted by Gasteiger charge is 2.19. The second-order valence-electron chi connectivity index (χ2n) is 4.32. The second-order valence-corrected chi connectivity index (χ2v) is 4.32. The predicted molar refractivity (Wildman–Crippen MR) is 62.6 cm³/mol. The van der Waals surface area contributed by atoms with Crippen LogP contribution in [0.3, 0.4) is 0 Å². The van der Waals surface area contributed by atoms with Gasteiger partial charge in [-0.2, -0.15) is 0 Å². The quantitative estimate of drug-likeness (QED) is 0.526. The number of anilines is 1. The van der Waals surface area contributed by atoms with E-state index in [0.717, 1.165) is 12.3 Å². The zero-order chi connectivity index (χ0) is 13.9. The number of hydrogen-bond acceptors (Lipinski definition) is 6.